The van der Waals surface area contributed by atoms with Crippen molar-refractivity contribution < 1.29 is 61.6 Å². The fourth-order valence-electron chi connectivity index (χ4n) is 0. The molecule has 0 amide bonds. The zero-order valence-electron chi connectivity index (χ0n) is 2.26. The molecule has 0 aromatic rings. The third-order valence-corrected chi connectivity index (χ3v) is 0. The second-order valence-electron chi connectivity index (χ2n) is 0. The van der Waals surface area contributed by atoms with E-state index in [1.807, 2.05) is 0 Å². The smallest absolute Gasteiger partial charge is 0 e. The zero-order chi connectivity index (χ0) is 0. The van der Waals surface area contributed by atoms with Crippen molar-refractivity contribution in [3.8, 4) is 0 Å². The third kappa shape index (κ3) is 32.5. The van der Waals surface area contributed by atoms with Crippen molar-refractivity contribution in [3.63, 3.8) is 0 Å². The average molecular weight is 285 g/mol. The molecule has 0 saturated heterocycles. The van der Waals surface area contributed by atoms with Crippen molar-refractivity contribution >= 4 is 0 Å². The van der Waals surface area contributed by atoms with Gasteiger partial charge in [-0.2, -0.15) is 0 Å². The molecule has 0 unspecified atom stereocenters. The van der Waals surface area contributed by atoms with Crippen LogP contribution >= 0.6 is 0 Å². The van der Waals surface area contributed by atoms with Gasteiger partial charge < -0.3 is 35.8 Å². The van der Waals surface area contributed by atoms with E-state index >= 15 is 0 Å². The molecular formula is H4Cl2HfO2-2. The van der Waals surface area contributed by atoms with Gasteiger partial charge in [0, 0.05) is 25.8 Å². The maximum atomic E-state index is 0. The van der Waals surface area contributed by atoms with Gasteiger partial charge in [-0.15, -0.1) is 0 Å². The Bertz CT molecular complexity index is 7.61. The van der Waals surface area contributed by atoms with Crippen LogP contribution in [0.4, 0.5) is 0 Å². The molecular weight excluding hydrogens is 281 g/mol. The Morgan fingerprint density at radius 3 is 0.600 bits per heavy atom. The second-order valence-corrected chi connectivity index (χ2v) is 0. The standard InChI is InChI=1S/2ClH.Hf.2H2O/h2*1H;;2*1H2/p-2. The van der Waals surface area contributed by atoms with Crippen LogP contribution in [-0.2, 0) is 25.8 Å². The fraction of sp³-hybridized carbons (Fsp3) is 0. The van der Waals surface area contributed by atoms with Crippen LogP contribution in [-0.4, -0.2) is 11.0 Å². The van der Waals surface area contributed by atoms with Crippen LogP contribution in [0.15, 0.2) is 0 Å². The zero-order valence-corrected chi connectivity index (χ0v) is 7.36. The van der Waals surface area contributed by atoms with E-state index in [1.54, 1.807) is 0 Å². The van der Waals surface area contributed by atoms with Crippen LogP contribution < -0.4 is 24.8 Å². The molecule has 5 heteroatoms. The van der Waals surface area contributed by atoms with Crippen molar-refractivity contribution in [3.05, 3.63) is 0 Å². The van der Waals surface area contributed by atoms with Crippen LogP contribution in [0.2, 0.25) is 0 Å². The number of hydrogen-bond acceptors (Lipinski definition) is 0. The summed E-state index contributed by atoms with van der Waals surface area (Å²) in [6.45, 7) is 0. The summed E-state index contributed by atoms with van der Waals surface area (Å²) >= 11 is 0. The fourth-order valence-corrected chi connectivity index (χ4v) is 0. The van der Waals surface area contributed by atoms with Gasteiger partial charge >= 0.3 is 0 Å². The van der Waals surface area contributed by atoms with Crippen LogP contribution in [0.1, 0.15) is 0 Å². The van der Waals surface area contributed by atoms with E-state index in [0.29, 0.717) is 0 Å². The largest absolute Gasteiger partial charge is 1.00 e. The first-order valence-electron chi connectivity index (χ1n) is 0. The molecule has 5 heavy (non-hydrogen) atoms. The minimum atomic E-state index is 0. The van der Waals surface area contributed by atoms with E-state index in [4.69, 9.17) is 0 Å². The molecule has 4 N–H and O–H groups in total. The van der Waals surface area contributed by atoms with Gasteiger partial charge in [0.1, 0.15) is 0 Å². The molecule has 0 aliphatic rings. The predicted molar refractivity (Wildman–Crippen MR) is 7.23 cm³/mol. The van der Waals surface area contributed by atoms with Crippen molar-refractivity contribution in [2.24, 2.45) is 0 Å². The molecule has 36 valence electrons. The molecule has 0 rings (SSSR count). The SMILES string of the molecule is O.O.[Cl-].[Cl-].[Hf]. The van der Waals surface area contributed by atoms with Gasteiger partial charge in [-0.3, -0.25) is 0 Å². The monoisotopic (exact) mass is 286 g/mol. The summed E-state index contributed by atoms with van der Waals surface area (Å²) in [5.74, 6) is 0. The molecule has 0 aliphatic heterocycles. The number of rotatable bonds is 0. The Balaban J connectivity index is 0. The van der Waals surface area contributed by atoms with Gasteiger partial charge in [0.25, 0.3) is 0 Å². The summed E-state index contributed by atoms with van der Waals surface area (Å²) in [6.07, 6.45) is 0. The minimum absolute atomic E-state index is 0. The number of hydrogen-bond donors (Lipinski definition) is 0. The average Bonchev–Trinajstić information content (AvgIpc) is 0. The second kappa shape index (κ2) is 54.6. The first-order valence-corrected chi connectivity index (χ1v) is 0. The summed E-state index contributed by atoms with van der Waals surface area (Å²) in [5, 5.41) is 0. The molecule has 0 aromatic heterocycles. The summed E-state index contributed by atoms with van der Waals surface area (Å²) in [5.41, 5.74) is 0. The Morgan fingerprint density at radius 1 is 0.600 bits per heavy atom. The van der Waals surface area contributed by atoms with E-state index < -0.39 is 0 Å². The molecule has 0 radical (unpaired) electrons. The topological polar surface area (TPSA) is 63.0 Å². The first-order chi connectivity index (χ1) is 0. The molecule has 0 heterocycles. The molecule has 0 aliphatic carbocycles. The molecule has 2 nitrogen and oxygen atoms in total. The Labute approximate surface area is 61.5 Å². The molecule has 0 bridgehead atoms. The van der Waals surface area contributed by atoms with E-state index in [2.05, 4.69) is 0 Å². The van der Waals surface area contributed by atoms with E-state index in [0.717, 1.165) is 0 Å². The molecule has 0 aromatic carbocycles. The summed E-state index contributed by atoms with van der Waals surface area (Å²) in [7, 11) is 0. The first kappa shape index (κ1) is 97.9. The van der Waals surface area contributed by atoms with Crippen LogP contribution in [0.25, 0.3) is 0 Å². The number of halogens is 2. The van der Waals surface area contributed by atoms with Gasteiger partial charge in [0.2, 0.25) is 0 Å². The van der Waals surface area contributed by atoms with E-state index in [-0.39, 0.29) is 61.6 Å². The van der Waals surface area contributed by atoms with Crippen LogP contribution in [0.3, 0.4) is 0 Å². The summed E-state index contributed by atoms with van der Waals surface area (Å²) in [6, 6.07) is 0. The predicted octanol–water partition coefficient (Wildman–Crippen LogP) is -7.64. The Morgan fingerprint density at radius 2 is 0.600 bits per heavy atom. The maximum Gasteiger partial charge on any atom is 0 e. The van der Waals surface area contributed by atoms with Crippen molar-refractivity contribution in [2.45, 2.75) is 0 Å². The summed E-state index contributed by atoms with van der Waals surface area (Å²) in [4.78, 5) is 0. The van der Waals surface area contributed by atoms with Crippen LogP contribution in [0, 0.1) is 0 Å². The van der Waals surface area contributed by atoms with Gasteiger partial charge in [0.15, 0.2) is 0 Å². The van der Waals surface area contributed by atoms with Gasteiger partial charge in [-0.25, -0.2) is 0 Å². The molecule has 0 fully saturated rings. The van der Waals surface area contributed by atoms with Crippen molar-refractivity contribution in [1.29, 1.82) is 0 Å². The Hall–Kier alpha value is 1.37. The van der Waals surface area contributed by atoms with Crippen molar-refractivity contribution in [1.82, 2.24) is 0 Å². The van der Waals surface area contributed by atoms with E-state index in [1.165, 1.54) is 0 Å². The third-order valence-electron chi connectivity index (χ3n) is 0. The van der Waals surface area contributed by atoms with Crippen LogP contribution in [0.5, 0.6) is 0 Å². The minimum Gasteiger partial charge on any atom is -1.00 e. The maximum absolute atomic E-state index is 0. The molecule has 0 spiro atoms. The van der Waals surface area contributed by atoms with Crippen molar-refractivity contribution in [2.75, 3.05) is 0 Å². The Kier molecular flexibility index (Phi) is 1070. The van der Waals surface area contributed by atoms with Gasteiger partial charge in [-0.1, -0.05) is 0 Å². The van der Waals surface area contributed by atoms with Gasteiger partial charge in [-0.05, 0) is 0 Å². The normalized spacial score (nSPS) is 0. The summed E-state index contributed by atoms with van der Waals surface area (Å²) < 4.78 is 0. The molecule has 0 saturated carbocycles. The van der Waals surface area contributed by atoms with E-state index in [9.17, 15) is 0 Å². The quantitative estimate of drug-likeness (QED) is 0.397. The molecule has 0 atom stereocenters. The van der Waals surface area contributed by atoms with Gasteiger partial charge in [0.05, 0.1) is 0 Å².